The number of aromatic nitrogens is 1. The first-order valence-corrected chi connectivity index (χ1v) is 10.2. The van der Waals surface area contributed by atoms with Crippen LogP contribution in [0.4, 0.5) is 8.78 Å². The minimum absolute atomic E-state index is 0.107. The number of nitriles is 1. The number of H-pyrrole nitrogens is 1. The number of rotatable bonds is 6. The molecule has 1 fully saturated rings. The average molecular weight is 434 g/mol. The largest absolute Gasteiger partial charge is 0.354 e. The van der Waals surface area contributed by atoms with E-state index in [0.29, 0.717) is 41.9 Å². The first-order valence-electron chi connectivity index (χ1n) is 10.2. The lowest BCUT2D eigenvalue weighted by Gasteiger charge is -2.10. The molecule has 3 N–H and O–H groups in total. The summed E-state index contributed by atoms with van der Waals surface area (Å²) in [7, 11) is 0. The Hall–Kier alpha value is -3.99. The lowest BCUT2D eigenvalue weighted by molar-refractivity contribution is -0.127. The molecule has 1 aromatic heterocycles. The van der Waals surface area contributed by atoms with E-state index in [4.69, 9.17) is 5.26 Å². The van der Waals surface area contributed by atoms with Gasteiger partial charge in [-0.1, -0.05) is 0 Å². The van der Waals surface area contributed by atoms with Crippen LogP contribution in [0.3, 0.4) is 0 Å². The van der Waals surface area contributed by atoms with Crippen molar-refractivity contribution in [1.29, 1.82) is 5.26 Å². The fraction of sp³-hybridized carbons (Fsp3) is 0.208. The minimum Gasteiger partial charge on any atom is -0.354 e. The second-order valence-corrected chi connectivity index (χ2v) is 7.60. The Kier molecular flexibility index (Phi) is 5.99. The summed E-state index contributed by atoms with van der Waals surface area (Å²) in [5.41, 5.74) is 3.00. The van der Waals surface area contributed by atoms with Crippen LogP contribution >= 0.6 is 0 Å². The van der Waals surface area contributed by atoms with Crippen molar-refractivity contribution in [2.45, 2.75) is 25.3 Å². The van der Waals surface area contributed by atoms with Crippen molar-refractivity contribution in [2.24, 2.45) is 0 Å². The average Bonchev–Trinajstić information content (AvgIpc) is 3.39. The van der Waals surface area contributed by atoms with E-state index in [1.165, 1.54) is 24.3 Å². The van der Waals surface area contributed by atoms with Crippen LogP contribution in [-0.2, 0) is 16.0 Å². The van der Waals surface area contributed by atoms with E-state index in [1.807, 2.05) is 6.07 Å². The Labute approximate surface area is 183 Å². The van der Waals surface area contributed by atoms with Gasteiger partial charge in [0.15, 0.2) is 0 Å². The summed E-state index contributed by atoms with van der Waals surface area (Å²) in [6.07, 6.45) is 0.952. The maximum Gasteiger partial charge on any atom is 0.242 e. The van der Waals surface area contributed by atoms with Gasteiger partial charge in [0.2, 0.25) is 11.8 Å². The van der Waals surface area contributed by atoms with Crippen LogP contribution < -0.4 is 10.6 Å². The highest BCUT2D eigenvalue weighted by molar-refractivity contribution is 5.89. The SMILES string of the molecule is N#Cc1ccc(-c2[nH]c(-c3ccc(F)cc3)cc2CCC(=O)NC2CCNC2=O)c(F)c1. The zero-order chi connectivity index (χ0) is 22.7. The van der Waals surface area contributed by atoms with Crippen molar-refractivity contribution in [3.8, 4) is 28.6 Å². The fourth-order valence-corrected chi connectivity index (χ4v) is 3.75. The molecule has 1 saturated heterocycles. The molecule has 2 aromatic carbocycles. The van der Waals surface area contributed by atoms with Crippen molar-refractivity contribution in [3.63, 3.8) is 0 Å². The van der Waals surface area contributed by atoms with Crippen molar-refractivity contribution >= 4 is 11.8 Å². The molecular formula is C24H20F2N4O2. The van der Waals surface area contributed by atoms with Crippen LogP contribution in [0.1, 0.15) is 24.0 Å². The molecule has 3 aromatic rings. The highest BCUT2D eigenvalue weighted by Crippen LogP contribution is 2.32. The van der Waals surface area contributed by atoms with E-state index in [9.17, 15) is 18.4 Å². The van der Waals surface area contributed by atoms with Crippen molar-refractivity contribution < 1.29 is 18.4 Å². The Bertz CT molecular complexity index is 1210. The molecular weight excluding hydrogens is 414 g/mol. The van der Waals surface area contributed by atoms with Gasteiger partial charge in [-0.25, -0.2) is 8.78 Å². The number of benzene rings is 2. The van der Waals surface area contributed by atoms with Crippen LogP contribution in [0.2, 0.25) is 0 Å². The number of carbonyl (C=O) groups excluding carboxylic acids is 2. The molecule has 0 spiro atoms. The second kappa shape index (κ2) is 9.02. The summed E-state index contributed by atoms with van der Waals surface area (Å²) in [6.45, 7) is 0.532. The number of carbonyl (C=O) groups is 2. The molecule has 1 unspecified atom stereocenters. The molecule has 32 heavy (non-hydrogen) atoms. The van der Waals surface area contributed by atoms with Gasteiger partial charge in [-0.05, 0) is 72.5 Å². The van der Waals surface area contributed by atoms with E-state index in [0.717, 1.165) is 6.07 Å². The van der Waals surface area contributed by atoms with Gasteiger partial charge < -0.3 is 15.6 Å². The van der Waals surface area contributed by atoms with Crippen LogP contribution in [0.15, 0.2) is 48.5 Å². The fourth-order valence-electron chi connectivity index (χ4n) is 3.75. The Morgan fingerprint density at radius 2 is 1.94 bits per heavy atom. The van der Waals surface area contributed by atoms with Crippen molar-refractivity contribution in [1.82, 2.24) is 15.6 Å². The maximum absolute atomic E-state index is 14.7. The lowest BCUT2D eigenvalue weighted by atomic mass is 10.0. The van der Waals surface area contributed by atoms with Gasteiger partial charge >= 0.3 is 0 Å². The van der Waals surface area contributed by atoms with Gasteiger partial charge in [0.05, 0.1) is 17.3 Å². The first-order chi connectivity index (χ1) is 15.4. The highest BCUT2D eigenvalue weighted by Gasteiger charge is 2.25. The Morgan fingerprint density at radius 3 is 2.59 bits per heavy atom. The number of aromatic amines is 1. The first kappa shape index (κ1) is 21.2. The molecule has 2 amide bonds. The number of hydrogen-bond acceptors (Lipinski definition) is 3. The quantitative estimate of drug-likeness (QED) is 0.554. The number of hydrogen-bond donors (Lipinski definition) is 3. The summed E-state index contributed by atoms with van der Waals surface area (Å²) in [6, 6.07) is 13.2. The van der Waals surface area contributed by atoms with Gasteiger partial charge in [0.25, 0.3) is 0 Å². The summed E-state index contributed by atoms with van der Waals surface area (Å²) in [4.78, 5) is 27.2. The molecule has 1 atom stereocenters. The number of halogens is 2. The number of nitrogens with one attached hydrogen (secondary N) is 3. The summed E-state index contributed by atoms with van der Waals surface area (Å²) < 4.78 is 28.1. The van der Waals surface area contributed by atoms with E-state index in [-0.39, 0.29) is 35.2 Å². The second-order valence-electron chi connectivity index (χ2n) is 7.60. The monoisotopic (exact) mass is 434 g/mol. The van der Waals surface area contributed by atoms with Gasteiger partial charge in [0, 0.05) is 24.2 Å². The van der Waals surface area contributed by atoms with Crippen LogP contribution in [0.25, 0.3) is 22.5 Å². The van der Waals surface area contributed by atoms with Crippen LogP contribution in [0, 0.1) is 23.0 Å². The maximum atomic E-state index is 14.7. The molecule has 8 heteroatoms. The predicted octanol–water partition coefficient (Wildman–Crippen LogP) is 3.44. The van der Waals surface area contributed by atoms with Gasteiger partial charge in [-0.3, -0.25) is 9.59 Å². The van der Waals surface area contributed by atoms with Crippen molar-refractivity contribution in [3.05, 3.63) is 71.3 Å². The molecule has 1 aliphatic rings. The van der Waals surface area contributed by atoms with Crippen LogP contribution in [-0.4, -0.2) is 29.4 Å². The molecule has 2 heterocycles. The summed E-state index contributed by atoms with van der Waals surface area (Å²) in [5, 5.41) is 14.4. The summed E-state index contributed by atoms with van der Waals surface area (Å²) >= 11 is 0. The van der Waals surface area contributed by atoms with E-state index >= 15 is 0 Å². The van der Waals surface area contributed by atoms with Gasteiger partial charge in [-0.15, -0.1) is 0 Å². The number of nitrogens with zero attached hydrogens (tertiary/aromatic N) is 1. The third-order valence-corrected chi connectivity index (χ3v) is 5.43. The number of amides is 2. The molecule has 6 nitrogen and oxygen atoms in total. The van der Waals surface area contributed by atoms with E-state index in [1.54, 1.807) is 18.2 Å². The highest BCUT2D eigenvalue weighted by atomic mass is 19.1. The Morgan fingerprint density at radius 1 is 1.16 bits per heavy atom. The topological polar surface area (TPSA) is 97.8 Å². The third kappa shape index (κ3) is 4.52. The smallest absolute Gasteiger partial charge is 0.242 e. The molecule has 1 aliphatic heterocycles. The van der Waals surface area contributed by atoms with E-state index in [2.05, 4.69) is 15.6 Å². The number of aryl methyl sites for hydroxylation is 1. The van der Waals surface area contributed by atoms with Gasteiger partial charge in [0.1, 0.15) is 17.7 Å². The minimum atomic E-state index is -0.565. The molecule has 0 radical (unpaired) electrons. The molecule has 0 bridgehead atoms. The van der Waals surface area contributed by atoms with Crippen LogP contribution in [0.5, 0.6) is 0 Å². The van der Waals surface area contributed by atoms with E-state index < -0.39 is 11.9 Å². The molecule has 0 saturated carbocycles. The standard InChI is InChI=1S/C24H20F2N4O2/c25-17-5-2-15(3-6-17)21-12-16(4-8-22(31)29-20-9-10-28-24(20)32)23(30-21)18-7-1-14(13-27)11-19(18)26/h1-3,5-7,11-12,20,30H,4,8-10H2,(H,28,32)(H,29,31). The third-order valence-electron chi connectivity index (χ3n) is 5.43. The van der Waals surface area contributed by atoms with Gasteiger partial charge in [-0.2, -0.15) is 5.26 Å². The zero-order valence-corrected chi connectivity index (χ0v) is 17.0. The predicted molar refractivity (Wildman–Crippen MR) is 114 cm³/mol. The molecule has 0 aliphatic carbocycles. The van der Waals surface area contributed by atoms with Crippen molar-refractivity contribution in [2.75, 3.05) is 6.54 Å². The molecule has 4 rings (SSSR count). The normalized spacial score (nSPS) is 15.3. The summed E-state index contributed by atoms with van der Waals surface area (Å²) in [5.74, 6) is -1.40. The lowest BCUT2D eigenvalue weighted by Crippen LogP contribution is -2.40. The molecule has 162 valence electrons. The Balaban J connectivity index is 1.62. The zero-order valence-electron chi connectivity index (χ0n) is 17.0.